The molecule has 2 aromatic rings. The van der Waals surface area contributed by atoms with Crippen molar-refractivity contribution in [3.63, 3.8) is 0 Å². The highest BCUT2D eigenvalue weighted by atomic mass is 32.2. The Hall–Kier alpha value is -2.74. The molecule has 29 heavy (non-hydrogen) atoms. The number of unbranched alkanes of at least 4 members (excludes halogenated alkanes) is 1. The quantitative estimate of drug-likeness (QED) is 0.436. The Bertz CT molecular complexity index is 901. The van der Waals surface area contributed by atoms with Crippen LogP contribution in [0.5, 0.6) is 17.2 Å². The van der Waals surface area contributed by atoms with Gasteiger partial charge in [-0.25, -0.2) is 4.79 Å². The standard InChI is InChI=1S/C21H26O7S/c1-21(2,20(22)23)27-18-9-7-16(8-10-18)6-4-5-15-26-17-11-13-19(14-12-17)28-29(3,24)25/h7-14H,4-6,15H2,1-3H3,(H,22,23). The molecule has 0 aromatic heterocycles. The lowest BCUT2D eigenvalue weighted by Gasteiger charge is -2.21. The van der Waals surface area contributed by atoms with E-state index in [0.29, 0.717) is 18.1 Å². The Morgan fingerprint density at radius 2 is 1.48 bits per heavy atom. The van der Waals surface area contributed by atoms with Crippen LogP contribution in [0.3, 0.4) is 0 Å². The van der Waals surface area contributed by atoms with Gasteiger partial charge in [-0.05, 0) is 75.1 Å². The van der Waals surface area contributed by atoms with Crippen LogP contribution in [-0.4, -0.2) is 38.0 Å². The third-order valence-electron chi connectivity index (χ3n) is 4.01. The molecule has 7 nitrogen and oxygen atoms in total. The summed E-state index contributed by atoms with van der Waals surface area (Å²) in [6.07, 6.45) is 3.64. The predicted octanol–water partition coefficient (Wildman–Crippen LogP) is 3.67. The van der Waals surface area contributed by atoms with Crippen molar-refractivity contribution in [2.24, 2.45) is 0 Å². The first-order chi connectivity index (χ1) is 13.5. The Balaban J connectivity index is 1.71. The van der Waals surface area contributed by atoms with Crippen molar-refractivity contribution in [3.8, 4) is 17.2 Å². The highest BCUT2D eigenvalue weighted by Crippen LogP contribution is 2.21. The van der Waals surface area contributed by atoms with Crippen molar-refractivity contribution >= 4 is 16.1 Å². The van der Waals surface area contributed by atoms with Crippen molar-refractivity contribution in [3.05, 3.63) is 54.1 Å². The van der Waals surface area contributed by atoms with Crippen molar-refractivity contribution in [2.75, 3.05) is 12.9 Å². The highest BCUT2D eigenvalue weighted by Gasteiger charge is 2.29. The largest absolute Gasteiger partial charge is 0.494 e. The van der Waals surface area contributed by atoms with Crippen molar-refractivity contribution < 1.29 is 32.0 Å². The number of hydrogen-bond acceptors (Lipinski definition) is 6. The number of benzene rings is 2. The maximum atomic E-state index is 11.1. The minimum absolute atomic E-state index is 0.249. The van der Waals surface area contributed by atoms with Gasteiger partial charge in [-0.3, -0.25) is 0 Å². The maximum Gasteiger partial charge on any atom is 0.347 e. The first-order valence-corrected chi connectivity index (χ1v) is 11.0. The molecule has 0 unspecified atom stereocenters. The molecule has 0 saturated carbocycles. The third kappa shape index (κ3) is 8.03. The first-order valence-electron chi connectivity index (χ1n) is 9.19. The molecule has 0 amide bonds. The highest BCUT2D eigenvalue weighted by molar-refractivity contribution is 7.86. The molecule has 1 N–H and O–H groups in total. The van der Waals surface area contributed by atoms with Gasteiger partial charge in [0.05, 0.1) is 12.9 Å². The second kappa shape index (κ2) is 9.65. The van der Waals surface area contributed by atoms with E-state index in [9.17, 15) is 13.2 Å². The summed E-state index contributed by atoms with van der Waals surface area (Å²) < 4.78 is 38.0. The van der Waals surface area contributed by atoms with Crippen LogP contribution in [0.15, 0.2) is 48.5 Å². The topological polar surface area (TPSA) is 99.1 Å². The number of aryl methyl sites for hydroxylation is 1. The molecule has 2 rings (SSSR count). The van der Waals surface area contributed by atoms with E-state index < -0.39 is 21.7 Å². The Labute approximate surface area is 171 Å². The summed E-state index contributed by atoms with van der Waals surface area (Å²) in [6, 6.07) is 13.8. The molecule has 0 bridgehead atoms. The SMILES string of the molecule is CC(C)(Oc1ccc(CCCCOc2ccc(OS(C)(=O)=O)cc2)cc1)C(=O)O. The van der Waals surface area contributed by atoms with E-state index >= 15 is 0 Å². The Morgan fingerprint density at radius 3 is 2.03 bits per heavy atom. The molecule has 0 aliphatic rings. The zero-order valence-corrected chi connectivity index (χ0v) is 17.6. The van der Waals surface area contributed by atoms with Gasteiger partial charge < -0.3 is 18.8 Å². The van der Waals surface area contributed by atoms with Gasteiger partial charge in [0.2, 0.25) is 0 Å². The number of carboxylic acids is 1. The van der Waals surface area contributed by atoms with Gasteiger partial charge >= 0.3 is 16.1 Å². The van der Waals surface area contributed by atoms with Crippen LogP contribution in [0, 0.1) is 0 Å². The smallest absolute Gasteiger partial charge is 0.347 e. The molecule has 0 aliphatic carbocycles. The monoisotopic (exact) mass is 422 g/mol. The second-order valence-electron chi connectivity index (χ2n) is 7.13. The van der Waals surface area contributed by atoms with E-state index in [1.807, 2.05) is 12.1 Å². The number of rotatable bonds is 11. The average Bonchev–Trinajstić information content (AvgIpc) is 2.62. The summed E-state index contributed by atoms with van der Waals surface area (Å²) >= 11 is 0. The number of ether oxygens (including phenoxy) is 2. The summed E-state index contributed by atoms with van der Waals surface area (Å²) in [7, 11) is -3.53. The van der Waals surface area contributed by atoms with Crippen LogP contribution >= 0.6 is 0 Å². The molecule has 8 heteroatoms. The minimum Gasteiger partial charge on any atom is -0.494 e. The van der Waals surface area contributed by atoms with E-state index in [-0.39, 0.29) is 5.75 Å². The fourth-order valence-electron chi connectivity index (χ4n) is 2.45. The van der Waals surface area contributed by atoms with Gasteiger partial charge in [-0.15, -0.1) is 0 Å². The summed E-state index contributed by atoms with van der Waals surface area (Å²) in [6.45, 7) is 3.56. The predicted molar refractivity (Wildman–Crippen MR) is 109 cm³/mol. The zero-order valence-electron chi connectivity index (χ0n) is 16.8. The molecule has 0 saturated heterocycles. The van der Waals surface area contributed by atoms with Crippen LogP contribution in [-0.2, 0) is 21.3 Å². The van der Waals surface area contributed by atoms with Crippen LogP contribution in [0.4, 0.5) is 0 Å². The molecular formula is C21H26O7S. The van der Waals surface area contributed by atoms with Gasteiger partial charge in [-0.2, -0.15) is 8.42 Å². The number of aliphatic carboxylic acids is 1. The Kier molecular flexibility index (Phi) is 7.50. The van der Waals surface area contributed by atoms with Crippen LogP contribution in [0.1, 0.15) is 32.3 Å². The van der Waals surface area contributed by atoms with E-state index in [1.54, 1.807) is 36.4 Å². The molecule has 158 valence electrons. The fourth-order valence-corrected chi connectivity index (χ4v) is 2.91. The molecule has 0 atom stereocenters. The van der Waals surface area contributed by atoms with Crippen LogP contribution < -0.4 is 13.7 Å². The van der Waals surface area contributed by atoms with Crippen LogP contribution in [0.25, 0.3) is 0 Å². The van der Waals surface area contributed by atoms with Crippen molar-refractivity contribution in [1.29, 1.82) is 0 Å². The van der Waals surface area contributed by atoms with Crippen molar-refractivity contribution in [1.82, 2.24) is 0 Å². The first kappa shape index (κ1) is 22.5. The number of hydrogen-bond donors (Lipinski definition) is 1. The average molecular weight is 422 g/mol. The van der Waals surface area contributed by atoms with E-state index in [1.165, 1.54) is 13.8 Å². The second-order valence-corrected chi connectivity index (χ2v) is 8.70. The summed E-state index contributed by atoms with van der Waals surface area (Å²) in [5, 5.41) is 9.10. The number of carboxylic acid groups (broad SMARTS) is 1. The Morgan fingerprint density at radius 1 is 0.931 bits per heavy atom. The molecule has 0 radical (unpaired) electrons. The molecule has 0 spiro atoms. The normalized spacial score (nSPS) is 11.7. The lowest BCUT2D eigenvalue weighted by molar-refractivity contribution is -0.152. The van der Waals surface area contributed by atoms with Crippen LogP contribution in [0.2, 0.25) is 0 Å². The number of carbonyl (C=O) groups is 1. The molecule has 0 fully saturated rings. The van der Waals surface area contributed by atoms with Gasteiger partial charge in [-0.1, -0.05) is 12.1 Å². The fraction of sp³-hybridized carbons (Fsp3) is 0.381. The van der Waals surface area contributed by atoms with Gasteiger partial charge in [0, 0.05) is 0 Å². The van der Waals surface area contributed by atoms with Gasteiger partial charge in [0.25, 0.3) is 0 Å². The molecule has 0 aliphatic heterocycles. The summed E-state index contributed by atoms with van der Waals surface area (Å²) in [5.41, 5.74) is -0.138. The van der Waals surface area contributed by atoms with E-state index in [0.717, 1.165) is 31.1 Å². The molecule has 2 aromatic carbocycles. The zero-order chi connectivity index (χ0) is 21.5. The van der Waals surface area contributed by atoms with Gasteiger partial charge in [0.15, 0.2) is 5.60 Å². The molecular weight excluding hydrogens is 396 g/mol. The summed E-state index contributed by atoms with van der Waals surface area (Å²) in [4.78, 5) is 11.1. The third-order valence-corrected chi connectivity index (χ3v) is 4.51. The lowest BCUT2D eigenvalue weighted by Crippen LogP contribution is -2.37. The van der Waals surface area contributed by atoms with E-state index in [4.69, 9.17) is 18.8 Å². The van der Waals surface area contributed by atoms with Gasteiger partial charge in [0.1, 0.15) is 17.2 Å². The summed E-state index contributed by atoms with van der Waals surface area (Å²) in [5.74, 6) is 0.402. The lowest BCUT2D eigenvalue weighted by atomic mass is 10.1. The van der Waals surface area contributed by atoms with E-state index in [2.05, 4.69) is 0 Å². The van der Waals surface area contributed by atoms with Crippen molar-refractivity contribution in [2.45, 2.75) is 38.7 Å². The minimum atomic E-state index is -3.53. The maximum absolute atomic E-state index is 11.1. The molecule has 0 heterocycles.